The van der Waals surface area contributed by atoms with Crippen molar-refractivity contribution in [2.75, 3.05) is 6.54 Å². The number of carbonyl (C=O) groups is 1. The number of aliphatic hydroxyl groups excluding tert-OH is 1. The summed E-state index contributed by atoms with van der Waals surface area (Å²) < 4.78 is 0. The number of rotatable bonds is 5. The number of aliphatic hydroxyl groups is 2. The van der Waals surface area contributed by atoms with Crippen LogP contribution in [0.4, 0.5) is 0 Å². The summed E-state index contributed by atoms with van der Waals surface area (Å²) in [5.74, 6) is -0.0868. The Labute approximate surface area is 90.7 Å². The SMILES string of the molecule is CC(O)CCC(=O)NCC1(O)CCCC1. The van der Waals surface area contributed by atoms with Crippen molar-refractivity contribution in [2.24, 2.45) is 0 Å². The van der Waals surface area contributed by atoms with Gasteiger partial charge in [0.1, 0.15) is 0 Å². The number of carbonyl (C=O) groups excluding carboxylic acids is 1. The predicted molar refractivity (Wildman–Crippen MR) is 57.3 cm³/mol. The first kappa shape index (κ1) is 12.5. The van der Waals surface area contributed by atoms with Gasteiger partial charge in [0.15, 0.2) is 0 Å². The molecule has 88 valence electrons. The zero-order valence-electron chi connectivity index (χ0n) is 9.33. The Kier molecular flexibility index (Phi) is 4.54. The molecule has 0 radical (unpaired) electrons. The Hall–Kier alpha value is -0.610. The lowest BCUT2D eigenvalue weighted by Crippen LogP contribution is -2.40. The molecule has 1 amide bonds. The monoisotopic (exact) mass is 215 g/mol. The molecule has 0 bridgehead atoms. The lowest BCUT2D eigenvalue weighted by atomic mass is 10.0. The molecule has 0 spiro atoms. The van der Waals surface area contributed by atoms with Gasteiger partial charge in [0.05, 0.1) is 11.7 Å². The fourth-order valence-electron chi connectivity index (χ4n) is 1.90. The van der Waals surface area contributed by atoms with Gasteiger partial charge in [-0.2, -0.15) is 0 Å². The van der Waals surface area contributed by atoms with Gasteiger partial charge in [0, 0.05) is 13.0 Å². The quantitative estimate of drug-likeness (QED) is 0.628. The van der Waals surface area contributed by atoms with E-state index in [-0.39, 0.29) is 5.91 Å². The van der Waals surface area contributed by atoms with Crippen molar-refractivity contribution in [3.8, 4) is 0 Å². The normalized spacial score (nSPS) is 21.3. The number of hydrogen-bond acceptors (Lipinski definition) is 3. The molecule has 0 saturated heterocycles. The van der Waals surface area contributed by atoms with Gasteiger partial charge in [0.2, 0.25) is 5.91 Å². The summed E-state index contributed by atoms with van der Waals surface area (Å²) in [4.78, 5) is 11.3. The Bertz CT molecular complexity index is 210. The minimum Gasteiger partial charge on any atom is -0.393 e. The average molecular weight is 215 g/mol. The molecule has 0 aromatic carbocycles. The third kappa shape index (κ3) is 4.62. The molecule has 1 aliphatic carbocycles. The van der Waals surface area contributed by atoms with E-state index in [1.165, 1.54) is 0 Å². The molecule has 0 aliphatic heterocycles. The van der Waals surface area contributed by atoms with Crippen LogP contribution in [0.25, 0.3) is 0 Å². The van der Waals surface area contributed by atoms with E-state index in [4.69, 9.17) is 5.11 Å². The Balaban J connectivity index is 2.16. The molecule has 4 nitrogen and oxygen atoms in total. The average Bonchev–Trinajstić information content (AvgIpc) is 2.60. The molecule has 1 fully saturated rings. The zero-order chi connectivity index (χ0) is 11.3. The molecule has 1 atom stereocenters. The Morgan fingerprint density at radius 1 is 1.47 bits per heavy atom. The lowest BCUT2D eigenvalue weighted by Gasteiger charge is -2.22. The van der Waals surface area contributed by atoms with Crippen LogP contribution in [0.15, 0.2) is 0 Å². The second-order valence-electron chi connectivity index (χ2n) is 4.60. The van der Waals surface area contributed by atoms with Crippen LogP contribution < -0.4 is 5.32 Å². The largest absolute Gasteiger partial charge is 0.393 e. The highest BCUT2D eigenvalue weighted by atomic mass is 16.3. The van der Waals surface area contributed by atoms with E-state index in [1.54, 1.807) is 6.92 Å². The third-order valence-electron chi connectivity index (χ3n) is 2.94. The van der Waals surface area contributed by atoms with Crippen LogP contribution in [0.3, 0.4) is 0 Å². The summed E-state index contributed by atoms with van der Waals surface area (Å²) >= 11 is 0. The van der Waals surface area contributed by atoms with E-state index < -0.39 is 11.7 Å². The van der Waals surface area contributed by atoms with Crippen LogP contribution in [-0.2, 0) is 4.79 Å². The van der Waals surface area contributed by atoms with Crippen molar-refractivity contribution in [3.63, 3.8) is 0 Å². The van der Waals surface area contributed by atoms with Crippen molar-refractivity contribution in [2.45, 2.75) is 57.2 Å². The molecule has 1 aliphatic rings. The summed E-state index contributed by atoms with van der Waals surface area (Å²) in [6.07, 6.45) is 4.01. The van der Waals surface area contributed by atoms with Gasteiger partial charge in [-0.05, 0) is 26.2 Å². The van der Waals surface area contributed by atoms with Gasteiger partial charge in [-0.25, -0.2) is 0 Å². The number of hydrogen-bond donors (Lipinski definition) is 3. The smallest absolute Gasteiger partial charge is 0.220 e. The van der Waals surface area contributed by atoms with Crippen LogP contribution in [0.2, 0.25) is 0 Å². The maximum absolute atomic E-state index is 11.3. The molecule has 1 unspecified atom stereocenters. The molecule has 15 heavy (non-hydrogen) atoms. The van der Waals surface area contributed by atoms with Gasteiger partial charge < -0.3 is 15.5 Å². The van der Waals surface area contributed by atoms with E-state index in [0.29, 0.717) is 19.4 Å². The maximum atomic E-state index is 11.3. The molecular weight excluding hydrogens is 194 g/mol. The summed E-state index contributed by atoms with van der Waals surface area (Å²) in [7, 11) is 0. The molecule has 1 saturated carbocycles. The van der Waals surface area contributed by atoms with Crippen molar-refractivity contribution < 1.29 is 15.0 Å². The highest BCUT2D eigenvalue weighted by Gasteiger charge is 2.31. The zero-order valence-corrected chi connectivity index (χ0v) is 9.33. The van der Waals surface area contributed by atoms with Gasteiger partial charge in [-0.3, -0.25) is 4.79 Å². The molecule has 4 heteroatoms. The molecule has 0 aromatic rings. The van der Waals surface area contributed by atoms with Crippen LogP contribution in [0.1, 0.15) is 45.4 Å². The fraction of sp³-hybridized carbons (Fsp3) is 0.909. The summed E-state index contributed by atoms with van der Waals surface area (Å²) in [6.45, 7) is 2.02. The van der Waals surface area contributed by atoms with Crippen LogP contribution in [0.5, 0.6) is 0 Å². The predicted octanol–water partition coefficient (Wildman–Crippen LogP) is 0.569. The first-order valence-corrected chi connectivity index (χ1v) is 5.69. The molecule has 0 aromatic heterocycles. The maximum Gasteiger partial charge on any atom is 0.220 e. The summed E-state index contributed by atoms with van der Waals surface area (Å²) in [5, 5.41) is 21.7. The molecule has 1 rings (SSSR count). The van der Waals surface area contributed by atoms with Gasteiger partial charge in [-0.1, -0.05) is 12.8 Å². The van der Waals surface area contributed by atoms with Crippen LogP contribution in [0, 0.1) is 0 Å². The second-order valence-corrected chi connectivity index (χ2v) is 4.60. The van der Waals surface area contributed by atoms with E-state index in [9.17, 15) is 9.90 Å². The van der Waals surface area contributed by atoms with Gasteiger partial charge in [0.25, 0.3) is 0 Å². The third-order valence-corrected chi connectivity index (χ3v) is 2.94. The number of amides is 1. The second kappa shape index (κ2) is 5.47. The van der Waals surface area contributed by atoms with E-state index in [0.717, 1.165) is 25.7 Å². The first-order chi connectivity index (χ1) is 7.02. The standard InChI is InChI=1S/C11H21NO3/c1-9(13)4-5-10(14)12-8-11(15)6-2-3-7-11/h9,13,15H,2-8H2,1H3,(H,12,14). The Morgan fingerprint density at radius 2 is 2.07 bits per heavy atom. The summed E-state index contributed by atoms with van der Waals surface area (Å²) in [5.41, 5.74) is -0.680. The fourth-order valence-corrected chi connectivity index (χ4v) is 1.90. The summed E-state index contributed by atoms with van der Waals surface area (Å²) in [6, 6.07) is 0. The van der Waals surface area contributed by atoms with Crippen molar-refractivity contribution in [1.29, 1.82) is 0 Å². The highest BCUT2D eigenvalue weighted by Crippen LogP contribution is 2.28. The minimum absolute atomic E-state index is 0.0868. The van der Waals surface area contributed by atoms with Crippen molar-refractivity contribution in [3.05, 3.63) is 0 Å². The molecular formula is C11H21NO3. The van der Waals surface area contributed by atoms with Crippen molar-refractivity contribution >= 4 is 5.91 Å². The number of nitrogens with one attached hydrogen (secondary N) is 1. The van der Waals surface area contributed by atoms with Crippen LogP contribution in [-0.4, -0.2) is 34.4 Å². The van der Waals surface area contributed by atoms with E-state index in [2.05, 4.69) is 5.32 Å². The minimum atomic E-state index is -0.680. The highest BCUT2D eigenvalue weighted by molar-refractivity contribution is 5.75. The topological polar surface area (TPSA) is 69.6 Å². The van der Waals surface area contributed by atoms with Crippen molar-refractivity contribution in [1.82, 2.24) is 5.32 Å². The van der Waals surface area contributed by atoms with Gasteiger partial charge >= 0.3 is 0 Å². The van der Waals surface area contributed by atoms with E-state index >= 15 is 0 Å². The van der Waals surface area contributed by atoms with E-state index in [1.807, 2.05) is 0 Å². The lowest BCUT2D eigenvalue weighted by molar-refractivity contribution is -0.122. The Morgan fingerprint density at radius 3 is 2.60 bits per heavy atom. The van der Waals surface area contributed by atoms with Gasteiger partial charge in [-0.15, -0.1) is 0 Å². The molecule has 0 heterocycles. The van der Waals surface area contributed by atoms with Crippen LogP contribution >= 0.6 is 0 Å². The first-order valence-electron chi connectivity index (χ1n) is 5.69. The molecule has 3 N–H and O–H groups in total.